The molecule has 0 aromatic carbocycles. The molecular formula is C18H20N4O2S. The minimum atomic E-state index is -0.00585. The number of rotatable bonds is 4. The normalized spacial score (nSPS) is 17.8. The summed E-state index contributed by atoms with van der Waals surface area (Å²) in [4.78, 5) is 26.8. The zero-order valence-electron chi connectivity index (χ0n) is 14.1. The first-order valence-electron chi connectivity index (χ1n) is 8.44. The fraction of sp³-hybridized carbons (Fsp3) is 0.389. The number of hydrogen-bond donors (Lipinski definition) is 0. The second kappa shape index (κ2) is 6.84. The van der Waals surface area contributed by atoms with E-state index in [1.54, 1.807) is 28.7 Å². The van der Waals surface area contributed by atoms with Crippen molar-refractivity contribution >= 4 is 32.7 Å². The molecule has 0 radical (unpaired) electrons. The lowest BCUT2D eigenvalue weighted by Gasteiger charge is -2.33. The molecule has 1 aliphatic heterocycles. The molecule has 4 heterocycles. The van der Waals surface area contributed by atoms with Crippen LogP contribution >= 0.6 is 11.3 Å². The van der Waals surface area contributed by atoms with Crippen molar-refractivity contribution < 1.29 is 9.21 Å². The van der Waals surface area contributed by atoms with Gasteiger partial charge in [-0.05, 0) is 37.1 Å². The van der Waals surface area contributed by atoms with Crippen LogP contribution in [-0.4, -0.2) is 40.9 Å². The minimum absolute atomic E-state index is 0.00585. The largest absolute Gasteiger partial charge is 0.467 e. The van der Waals surface area contributed by atoms with Crippen LogP contribution in [0.4, 0.5) is 5.13 Å². The molecule has 3 aromatic rings. The predicted molar refractivity (Wildman–Crippen MR) is 97.5 cm³/mol. The predicted octanol–water partition coefficient (Wildman–Crippen LogP) is 3.16. The highest BCUT2D eigenvalue weighted by molar-refractivity contribution is 7.21. The fourth-order valence-corrected chi connectivity index (χ4v) is 4.22. The van der Waals surface area contributed by atoms with Crippen molar-refractivity contribution in [2.45, 2.75) is 19.4 Å². The second-order valence-corrected chi connectivity index (χ2v) is 7.34. The van der Waals surface area contributed by atoms with Gasteiger partial charge in [-0.25, -0.2) is 9.97 Å². The second-order valence-electron chi connectivity index (χ2n) is 6.38. The Hall–Kier alpha value is -2.41. The van der Waals surface area contributed by atoms with E-state index in [0.717, 1.165) is 40.6 Å². The van der Waals surface area contributed by atoms with E-state index < -0.39 is 0 Å². The topological polar surface area (TPSA) is 62.5 Å². The summed E-state index contributed by atoms with van der Waals surface area (Å²) >= 11 is 1.59. The van der Waals surface area contributed by atoms with Gasteiger partial charge in [0, 0.05) is 26.3 Å². The van der Waals surface area contributed by atoms with Crippen molar-refractivity contribution in [3.8, 4) is 0 Å². The molecule has 1 amide bonds. The molecule has 1 saturated heterocycles. The Morgan fingerprint density at radius 2 is 2.36 bits per heavy atom. The number of carbonyl (C=O) groups is 1. The molecule has 1 atom stereocenters. The molecule has 7 heteroatoms. The van der Waals surface area contributed by atoms with Gasteiger partial charge in [-0.3, -0.25) is 4.79 Å². The molecule has 4 rings (SSSR count). The molecule has 1 fully saturated rings. The number of furan rings is 1. The highest BCUT2D eigenvalue weighted by Gasteiger charge is 2.29. The summed E-state index contributed by atoms with van der Waals surface area (Å²) in [6.07, 6.45) is 5.34. The van der Waals surface area contributed by atoms with E-state index in [-0.39, 0.29) is 11.8 Å². The summed E-state index contributed by atoms with van der Waals surface area (Å²) < 4.78 is 5.35. The Bertz CT molecular complexity index is 828. The molecule has 0 spiro atoms. The van der Waals surface area contributed by atoms with Crippen LogP contribution in [-0.2, 0) is 11.3 Å². The number of anilines is 1. The third-order valence-corrected chi connectivity index (χ3v) is 5.59. The van der Waals surface area contributed by atoms with Crippen LogP contribution in [0.1, 0.15) is 18.6 Å². The van der Waals surface area contributed by atoms with E-state index in [9.17, 15) is 4.79 Å². The number of aromatic nitrogens is 2. The van der Waals surface area contributed by atoms with Gasteiger partial charge in [0.1, 0.15) is 16.1 Å². The summed E-state index contributed by atoms with van der Waals surface area (Å²) in [6, 6.07) is 7.62. The molecule has 3 aromatic heterocycles. The van der Waals surface area contributed by atoms with Gasteiger partial charge in [-0.15, -0.1) is 0 Å². The fourth-order valence-electron chi connectivity index (χ4n) is 3.27. The maximum absolute atomic E-state index is 12.8. The van der Waals surface area contributed by atoms with Crippen LogP contribution in [0.25, 0.3) is 10.3 Å². The maximum Gasteiger partial charge on any atom is 0.227 e. The molecular weight excluding hydrogens is 336 g/mol. The monoisotopic (exact) mass is 356 g/mol. The van der Waals surface area contributed by atoms with Crippen molar-refractivity contribution in [2.75, 3.05) is 25.0 Å². The number of fused-ring (bicyclic) bond motifs is 1. The molecule has 0 bridgehead atoms. The van der Waals surface area contributed by atoms with E-state index in [1.807, 2.05) is 31.3 Å². The molecule has 6 nitrogen and oxygen atoms in total. The Morgan fingerprint density at radius 1 is 1.44 bits per heavy atom. The summed E-state index contributed by atoms with van der Waals surface area (Å²) in [6.45, 7) is 2.15. The molecule has 0 unspecified atom stereocenters. The lowest BCUT2D eigenvalue weighted by molar-refractivity contribution is -0.135. The first-order chi connectivity index (χ1) is 12.2. The number of piperidine rings is 1. The number of hydrogen-bond acceptors (Lipinski definition) is 6. The molecule has 0 N–H and O–H groups in total. The average molecular weight is 356 g/mol. The van der Waals surface area contributed by atoms with Crippen molar-refractivity contribution in [3.63, 3.8) is 0 Å². The van der Waals surface area contributed by atoms with E-state index in [0.29, 0.717) is 13.1 Å². The molecule has 0 saturated carbocycles. The van der Waals surface area contributed by atoms with E-state index in [4.69, 9.17) is 4.42 Å². The van der Waals surface area contributed by atoms with Gasteiger partial charge < -0.3 is 14.2 Å². The quantitative estimate of drug-likeness (QED) is 0.718. The number of thiazole rings is 1. The van der Waals surface area contributed by atoms with Crippen molar-refractivity contribution in [1.82, 2.24) is 14.9 Å². The first kappa shape index (κ1) is 16.1. The zero-order valence-corrected chi connectivity index (χ0v) is 14.9. The molecule has 0 aliphatic carbocycles. The smallest absolute Gasteiger partial charge is 0.227 e. The van der Waals surface area contributed by atoms with Crippen molar-refractivity contribution in [2.24, 2.45) is 5.92 Å². The number of amides is 1. The third kappa shape index (κ3) is 3.37. The maximum atomic E-state index is 12.8. The highest BCUT2D eigenvalue weighted by atomic mass is 32.1. The van der Waals surface area contributed by atoms with Gasteiger partial charge in [-0.1, -0.05) is 11.3 Å². The average Bonchev–Trinajstić information content (AvgIpc) is 3.30. The van der Waals surface area contributed by atoms with Gasteiger partial charge in [-0.2, -0.15) is 0 Å². The van der Waals surface area contributed by atoms with E-state index in [2.05, 4.69) is 14.9 Å². The van der Waals surface area contributed by atoms with Crippen LogP contribution in [0, 0.1) is 5.92 Å². The molecule has 25 heavy (non-hydrogen) atoms. The van der Waals surface area contributed by atoms with Crippen LogP contribution in [0.15, 0.2) is 41.1 Å². The van der Waals surface area contributed by atoms with Crippen LogP contribution in [0.3, 0.4) is 0 Å². The van der Waals surface area contributed by atoms with Crippen LogP contribution < -0.4 is 4.90 Å². The van der Waals surface area contributed by atoms with Gasteiger partial charge in [0.25, 0.3) is 0 Å². The number of nitrogens with zero attached hydrogens (tertiary/aromatic N) is 4. The Labute approximate surface area is 150 Å². The highest BCUT2D eigenvalue weighted by Crippen LogP contribution is 2.30. The Balaban J connectivity index is 1.45. The van der Waals surface area contributed by atoms with Gasteiger partial charge >= 0.3 is 0 Å². The zero-order chi connectivity index (χ0) is 17.2. The van der Waals surface area contributed by atoms with Crippen molar-refractivity contribution in [1.29, 1.82) is 0 Å². The number of carbonyl (C=O) groups excluding carboxylic acids is 1. The van der Waals surface area contributed by atoms with Crippen LogP contribution in [0.2, 0.25) is 0 Å². The Kier molecular flexibility index (Phi) is 4.40. The standard InChI is InChI=1S/C18H20N4O2S/c1-21(12-14-6-4-10-24-14)17(23)13-5-3-9-22(11-13)18-20-15-7-2-8-19-16(15)25-18/h2,4,6-8,10,13H,3,5,9,11-12H2,1H3/t13-/m0/s1. The van der Waals surface area contributed by atoms with Gasteiger partial charge in [0.05, 0.1) is 18.7 Å². The number of pyridine rings is 1. The van der Waals surface area contributed by atoms with E-state index in [1.165, 1.54) is 0 Å². The summed E-state index contributed by atoms with van der Waals surface area (Å²) in [5, 5.41) is 0.958. The summed E-state index contributed by atoms with van der Waals surface area (Å²) in [5.74, 6) is 0.967. The van der Waals surface area contributed by atoms with Crippen molar-refractivity contribution in [3.05, 3.63) is 42.5 Å². The molecule has 1 aliphatic rings. The molecule has 130 valence electrons. The van der Waals surface area contributed by atoms with Gasteiger partial charge in [0.15, 0.2) is 5.13 Å². The lowest BCUT2D eigenvalue weighted by atomic mass is 9.97. The Morgan fingerprint density at radius 3 is 3.16 bits per heavy atom. The van der Waals surface area contributed by atoms with E-state index >= 15 is 0 Å². The first-order valence-corrected chi connectivity index (χ1v) is 9.26. The lowest BCUT2D eigenvalue weighted by Crippen LogP contribution is -2.43. The minimum Gasteiger partial charge on any atom is -0.467 e. The third-order valence-electron chi connectivity index (χ3n) is 4.55. The van der Waals surface area contributed by atoms with Crippen LogP contribution in [0.5, 0.6) is 0 Å². The van der Waals surface area contributed by atoms with Gasteiger partial charge in [0.2, 0.25) is 5.91 Å². The summed E-state index contributed by atoms with van der Waals surface area (Å²) in [7, 11) is 1.84. The SMILES string of the molecule is CN(Cc1ccco1)C(=O)[C@H]1CCCN(c2nc3cccnc3s2)C1. The summed E-state index contributed by atoms with van der Waals surface area (Å²) in [5.41, 5.74) is 0.922.